The van der Waals surface area contributed by atoms with E-state index in [1.165, 1.54) is 42.2 Å². The van der Waals surface area contributed by atoms with Crippen LogP contribution in [-0.2, 0) is 0 Å². The van der Waals surface area contributed by atoms with E-state index < -0.39 is 0 Å². The molecule has 3 rings (SSSR count). The third-order valence-electron chi connectivity index (χ3n) is 4.33. The second-order valence-electron chi connectivity index (χ2n) is 6.10. The number of aromatic nitrogens is 2. The summed E-state index contributed by atoms with van der Waals surface area (Å²) >= 11 is 7.42. The number of hydrogen-bond acceptors (Lipinski definition) is 5. The lowest BCUT2D eigenvalue weighted by Crippen LogP contribution is -2.46. The van der Waals surface area contributed by atoms with Crippen LogP contribution in [0.4, 0.5) is 4.39 Å². The molecule has 0 radical (unpaired) electrons. The van der Waals surface area contributed by atoms with Crippen molar-refractivity contribution in [1.29, 1.82) is 0 Å². The molecular weight excluding hydrogens is 391 g/mol. The Labute approximate surface area is 165 Å². The molecule has 1 aromatic heterocycles. The molecule has 0 aliphatic carbocycles. The molecule has 6 nitrogen and oxygen atoms in total. The van der Waals surface area contributed by atoms with Gasteiger partial charge in [-0.05, 0) is 43.4 Å². The summed E-state index contributed by atoms with van der Waals surface area (Å²) in [5.41, 5.74) is 0.608. The Balaban J connectivity index is 1.58. The van der Waals surface area contributed by atoms with Crippen molar-refractivity contribution in [1.82, 2.24) is 20.2 Å². The summed E-state index contributed by atoms with van der Waals surface area (Å²) < 4.78 is 13.0. The van der Waals surface area contributed by atoms with E-state index >= 15 is 0 Å². The van der Waals surface area contributed by atoms with E-state index in [2.05, 4.69) is 15.3 Å². The van der Waals surface area contributed by atoms with Crippen LogP contribution in [-0.4, -0.2) is 52.1 Å². The molecule has 0 saturated carbocycles. The predicted molar refractivity (Wildman–Crippen MR) is 102 cm³/mol. The molecule has 1 aliphatic heterocycles. The molecule has 1 aliphatic rings. The molecule has 0 unspecified atom stereocenters. The predicted octanol–water partition coefficient (Wildman–Crippen LogP) is 3.03. The summed E-state index contributed by atoms with van der Waals surface area (Å²) in [6.07, 6.45) is 4.50. The maximum atomic E-state index is 13.0. The minimum atomic E-state index is -0.383. The van der Waals surface area contributed by atoms with E-state index in [-0.39, 0.29) is 34.4 Å². The number of likely N-dealkylation sites (tertiary alicyclic amines) is 1. The maximum absolute atomic E-state index is 13.0. The van der Waals surface area contributed by atoms with Crippen molar-refractivity contribution in [3.05, 3.63) is 52.6 Å². The van der Waals surface area contributed by atoms with Gasteiger partial charge in [0.2, 0.25) is 0 Å². The Morgan fingerprint density at radius 2 is 1.93 bits per heavy atom. The van der Waals surface area contributed by atoms with Gasteiger partial charge in [0.1, 0.15) is 5.82 Å². The third kappa shape index (κ3) is 4.75. The summed E-state index contributed by atoms with van der Waals surface area (Å²) in [6, 6.07) is 5.36. The van der Waals surface area contributed by atoms with Crippen LogP contribution in [0, 0.1) is 5.82 Å². The van der Waals surface area contributed by atoms with Crippen LogP contribution in [0.2, 0.25) is 5.02 Å². The van der Waals surface area contributed by atoms with Gasteiger partial charge in [-0.1, -0.05) is 23.4 Å². The minimum Gasteiger partial charge on any atom is -0.349 e. The number of amides is 2. The molecule has 1 fully saturated rings. The summed E-state index contributed by atoms with van der Waals surface area (Å²) in [5, 5.41) is 3.65. The van der Waals surface area contributed by atoms with Crippen LogP contribution in [0.3, 0.4) is 0 Å². The lowest BCUT2D eigenvalue weighted by molar-refractivity contribution is 0.0691. The highest BCUT2D eigenvalue weighted by Crippen LogP contribution is 2.20. The Morgan fingerprint density at radius 1 is 1.26 bits per heavy atom. The number of rotatable bonds is 4. The van der Waals surface area contributed by atoms with Gasteiger partial charge in [-0.2, -0.15) is 0 Å². The zero-order chi connectivity index (χ0) is 19.4. The standard InChI is InChI=1S/C18H18ClFN4O2S/c1-27-18-21-10-14(19)15(23-18)17(26)24-8-6-13(7-9-24)22-16(25)11-2-4-12(20)5-3-11/h2-5,10,13H,6-9H2,1H3,(H,22,25). The van der Waals surface area contributed by atoms with Crippen LogP contribution in [0.25, 0.3) is 0 Å². The molecule has 1 N–H and O–H groups in total. The number of thioether (sulfide) groups is 1. The van der Waals surface area contributed by atoms with Crippen LogP contribution in [0.15, 0.2) is 35.6 Å². The largest absolute Gasteiger partial charge is 0.349 e. The van der Waals surface area contributed by atoms with Gasteiger partial charge < -0.3 is 10.2 Å². The van der Waals surface area contributed by atoms with E-state index in [0.29, 0.717) is 36.7 Å². The molecule has 0 atom stereocenters. The second kappa shape index (κ2) is 8.67. The Bertz CT molecular complexity index is 842. The van der Waals surface area contributed by atoms with Gasteiger partial charge in [-0.25, -0.2) is 14.4 Å². The van der Waals surface area contributed by atoms with E-state index in [1.54, 1.807) is 4.90 Å². The van der Waals surface area contributed by atoms with Gasteiger partial charge in [0.15, 0.2) is 10.9 Å². The van der Waals surface area contributed by atoms with Gasteiger partial charge in [0.05, 0.1) is 11.2 Å². The van der Waals surface area contributed by atoms with Crippen LogP contribution in [0.1, 0.15) is 33.7 Å². The van der Waals surface area contributed by atoms with Crippen molar-refractivity contribution < 1.29 is 14.0 Å². The smallest absolute Gasteiger partial charge is 0.274 e. The van der Waals surface area contributed by atoms with E-state index in [4.69, 9.17) is 11.6 Å². The number of piperidine rings is 1. The highest BCUT2D eigenvalue weighted by atomic mass is 35.5. The fourth-order valence-electron chi connectivity index (χ4n) is 2.85. The molecule has 9 heteroatoms. The number of hydrogen-bond donors (Lipinski definition) is 1. The molecule has 2 amide bonds. The Morgan fingerprint density at radius 3 is 2.56 bits per heavy atom. The van der Waals surface area contributed by atoms with Crippen LogP contribution >= 0.6 is 23.4 Å². The molecule has 1 saturated heterocycles. The topological polar surface area (TPSA) is 75.2 Å². The van der Waals surface area contributed by atoms with Crippen molar-refractivity contribution >= 4 is 35.2 Å². The Hall–Kier alpha value is -2.19. The highest BCUT2D eigenvalue weighted by Gasteiger charge is 2.27. The first-order chi connectivity index (χ1) is 13.0. The van der Waals surface area contributed by atoms with Crippen molar-refractivity contribution in [3.8, 4) is 0 Å². The lowest BCUT2D eigenvalue weighted by Gasteiger charge is -2.32. The number of benzene rings is 1. The van der Waals surface area contributed by atoms with Gasteiger partial charge in [-0.3, -0.25) is 9.59 Å². The number of halogens is 2. The summed E-state index contributed by atoms with van der Waals surface area (Å²) in [6.45, 7) is 0.976. The van der Waals surface area contributed by atoms with E-state index in [0.717, 1.165) is 0 Å². The van der Waals surface area contributed by atoms with E-state index in [1.807, 2.05) is 6.26 Å². The zero-order valence-corrected chi connectivity index (χ0v) is 16.2. The van der Waals surface area contributed by atoms with Crippen molar-refractivity contribution in [3.63, 3.8) is 0 Å². The van der Waals surface area contributed by atoms with Crippen LogP contribution < -0.4 is 5.32 Å². The summed E-state index contributed by atoms with van der Waals surface area (Å²) in [4.78, 5) is 34.8. The molecule has 2 aromatic rings. The number of carbonyl (C=O) groups excluding carboxylic acids is 2. The minimum absolute atomic E-state index is 0.0470. The molecule has 0 spiro atoms. The first-order valence-corrected chi connectivity index (χ1v) is 10.0. The molecule has 27 heavy (non-hydrogen) atoms. The van der Waals surface area contributed by atoms with Gasteiger partial charge in [-0.15, -0.1) is 0 Å². The quantitative estimate of drug-likeness (QED) is 0.621. The summed E-state index contributed by atoms with van der Waals surface area (Å²) in [7, 11) is 0. The molecule has 2 heterocycles. The van der Waals surface area contributed by atoms with Gasteiger partial charge in [0.25, 0.3) is 11.8 Å². The van der Waals surface area contributed by atoms with Gasteiger partial charge >= 0.3 is 0 Å². The monoisotopic (exact) mass is 408 g/mol. The van der Waals surface area contributed by atoms with Gasteiger partial charge in [0, 0.05) is 24.7 Å². The normalized spacial score (nSPS) is 14.9. The average Bonchev–Trinajstić information content (AvgIpc) is 2.69. The fraction of sp³-hybridized carbons (Fsp3) is 0.333. The zero-order valence-electron chi connectivity index (χ0n) is 14.6. The SMILES string of the molecule is CSc1ncc(Cl)c(C(=O)N2CCC(NC(=O)c3ccc(F)cc3)CC2)n1. The maximum Gasteiger partial charge on any atom is 0.274 e. The third-order valence-corrected chi connectivity index (χ3v) is 5.17. The highest BCUT2D eigenvalue weighted by molar-refractivity contribution is 7.98. The molecule has 0 bridgehead atoms. The first-order valence-electron chi connectivity index (χ1n) is 8.40. The van der Waals surface area contributed by atoms with E-state index in [9.17, 15) is 14.0 Å². The summed E-state index contributed by atoms with van der Waals surface area (Å²) in [5.74, 6) is -0.865. The first kappa shape index (κ1) is 19.6. The molecular formula is C18H18ClFN4O2S. The number of nitrogens with one attached hydrogen (secondary N) is 1. The average molecular weight is 409 g/mol. The number of carbonyl (C=O) groups is 2. The molecule has 1 aromatic carbocycles. The lowest BCUT2D eigenvalue weighted by atomic mass is 10.0. The van der Waals surface area contributed by atoms with Crippen molar-refractivity contribution in [2.24, 2.45) is 0 Å². The Kier molecular flexibility index (Phi) is 6.28. The molecule has 142 valence electrons. The second-order valence-corrected chi connectivity index (χ2v) is 7.28. The number of nitrogens with zero attached hydrogens (tertiary/aromatic N) is 3. The van der Waals surface area contributed by atoms with Crippen molar-refractivity contribution in [2.75, 3.05) is 19.3 Å². The van der Waals surface area contributed by atoms with Crippen LogP contribution in [0.5, 0.6) is 0 Å². The fourth-order valence-corrected chi connectivity index (χ4v) is 3.36. The van der Waals surface area contributed by atoms with Crippen molar-refractivity contribution in [2.45, 2.75) is 24.0 Å².